The Labute approximate surface area is 205 Å². The second-order valence-corrected chi connectivity index (χ2v) is 9.04. The fraction of sp³-hybridized carbons (Fsp3) is 0.320. The Kier molecular flexibility index (Phi) is 7.33. The molecule has 1 amide bonds. The zero-order valence-corrected chi connectivity index (χ0v) is 20.0. The summed E-state index contributed by atoms with van der Waals surface area (Å²) in [6, 6.07) is 2.77. The van der Waals surface area contributed by atoms with E-state index in [4.69, 9.17) is 4.74 Å². The molecular formula is C25H21F2N5O2S. The molecule has 7 nitrogen and oxygen atoms in total. The first-order chi connectivity index (χ1) is 16.8. The van der Waals surface area contributed by atoms with Crippen molar-refractivity contribution in [2.75, 3.05) is 12.4 Å². The maximum atomic E-state index is 13.4. The molecule has 1 fully saturated rings. The standard InChI is InChI=1S/C25H21F2N5O2S/c1-14(2)4-8-16-10-17(18-11-20(23(26)27)29-13-21(18)34-3)19(12-28-16)24(33)30-25-32-31-22(35-25)9-7-15-5-6-15/h10-15,23H,5-6H2,1-3H3,(H,30,32,33). The number of pyridine rings is 2. The Hall–Kier alpha value is -3.89. The molecule has 4 rings (SSSR count). The number of amides is 1. The molecule has 3 aromatic rings. The molecule has 10 heteroatoms. The number of aromatic nitrogens is 4. The van der Waals surface area contributed by atoms with Crippen molar-refractivity contribution in [3.05, 3.63) is 46.5 Å². The average Bonchev–Trinajstić information content (AvgIpc) is 3.58. The maximum absolute atomic E-state index is 13.4. The van der Waals surface area contributed by atoms with Crippen LogP contribution in [0.15, 0.2) is 24.5 Å². The molecule has 3 heterocycles. The van der Waals surface area contributed by atoms with Gasteiger partial charge < -0.3 is 4.74 Å². The van der Waals surface area contributed by atoms with Crippen molar-refractivity contribution in [2.45, 2.75) is 33.1 Å². The van der Waals surface area contributed by atoms with Crippen LogP contribution in [-0.4, -0.2) is 33.2 Å². The van der Waals surface area contributed by atoms with Crippen LogP contribution in [0.2, 0.25) is 0 Å². The lowest BCUT2D eigenvalue weighted by molar-refractivity contribution is 0.102. The van der Waals surface area contributed by atoms with Gasteiger partial charge in [0.05, 0.1) is 18.9 Å². The average molecular weight is 494 g/mol. The van der Waals surface area contributed by atoms with E-state index in [1.54, 1.807) is 6.07 Å². The van der Waals surface area contributed by atoms with Gasteiger partial charge in [-0.15, -0.1) is 10.2 Å². The van der Waals surface area contributed by atoms with E-state index in [9.17, 15) is 13.6 Å². The molecule has 0 aromatic carbocycles. The minimum absolute atomic E-state index is 0.0961. The molecule has 3 aromatic heterocycles. The minimum atomic E-state index is -2.80. The van der Waals surface area contributed by atoms with Crippen molar-refractivity contribution >= 4 is 22.4 Å². The zero-order valence-electron chi connectivity index (χ0n) is 19.2. The number of carbonyl (C=O) groups is 1. The second-order valence-electron chi connectivity index (χ2n) is 8.06. The van der Waals surface area contributed by atoms with Crippen molar-refractivity contribution in [1.29, 1.82) is 0 Å². The fourth-order valence-electron chi connectivity index (χ4n) is 2.98. The van der Waals surface area contributed by atoms with Gasteiger partial charge in [0.2, 0.25) is 5.13 Å². The molecule has 0 spiro atoms. The van der Waals surface area contributed by atoms with Crippen LogP contribution in [0, 0.1) is 35.5 Å². The Bertz CT molecular complexity index is 1380. The third-order valence-corrected chi connectivity index (χ3v) is 5.62. The number of halogens is 2. The van der Waals surface area contributed by atoms with E-state index in [0.717, 1.165) is 24.2 Å². The van der Waals surface area contributed by atoms with E-state index in [1.165, 1.54) is 25.6 Å². The number of carbonyl (C=O) groups excluding carboxylic acids is 1. The number of rotatable bonds is 5. The summed E-state index contributed by atoms with van der Waals surface area (Å²) in [5, 5.41) is 11.4. The number of nitrogens with zero attached hydrogens (tertiary/aromatic N) is 4. The Morgan fingerprint density at radius 3 is 2.63 bits per heavy atom. The van der Waals surface area contributed by atoms with Crippen molar-refractivity contribution in [3.8, 4) is 40.6 Å². The molecule has 1 aliphatic rings. The molecule has 0 saturated heterocycles. The van der Waals surface area contributed by atoms with Gasteiger partial charge in [-0.3, -0.25) is 15.1 Å². The summed E-state index contributed by atoms with van der Waals surface area (Å²) >= 11 is 1.15. The van der Waals surface area contributed by atoms with Crippen LogP contribution in [0.25, 0.3) is 11.1 Å². The predicted molar refractivity (Wildman–Crippen MR) is 128 cm³/mol. The molecule has 0 unspecified atom stereocenters. The van der Waals surface area contributed by atoms with Crippen LogP contribution in [0.3, 0.4) is 0 Å². The first kappa shape index (κ1) is 24.2. The summed E-state index contributed by atoms with van der Waals surface area (Å²) in [6.07, 6.45) is 1.94. The highest BCUT2D eigenvalue weighted by atomic mass is 32.1. The lowest BCUT2D eigenvalue weighted by Crippen LogP contribution is -2.14. The van der Waals surface area contributed by atoms with Gasteiger partial charge >= 0.3 is 0 Å². The molecule has 0 aliphatic heterocycles. The highest BCUT2D eigenvalue weighted by molar-refractivity contribution is 7.15. The highest BCUT2D eigenvalue weighted by Gasteiger charge is 2.22. The molecule has 0 radical (unpaired) electrons. The van der Waals surface area contributed by atoms with Crippen LogP contribution in [0.1, 0.15) is 59.9 Å². The second kappa shape index (κ2) is 10.6. The number of anilines is 1. The minimum Gasteiger partial charge on any atom is -0.494 e. The lowest BCUT2D eigenvalue weighted by atomic mass is 9.99. The normalized spacial score (nSPS) is 12.5. The largest absolute Gasteiger partial charge is 0.494 e. The van der Waals surface area contributed by atoms with Gasteiger partial charge in [-0.2, -0.15) is 0 Å². The van der Waals surface area contributed by atoms with Crippen molar-refractivity contribution in [3.63, 3.8) is 0 Å². The Morgan fingerprint density at radius 2 is 1.94 bits per heavy atom. The molecule has 178 valence electrons. The Morgan fingerprint density at radius 1 is 1.14 bits per heavy atom. The van der Waals surface area contributed by atoms with E-state index in [0.29, 0.717) is 22.2 Å². The number of nitrogens with one attached hydrogen (secondary N) is 1. The zero-order chi connectivity index (χ0) is 24.9. The molecule has 1 N–H and O–H groups in total. The Balaban J connectivity index is 1.73. The van der Waals surface area contributed by atoms with E-state index in [2.05, 4.69) is 49.2 Å². The summed E-state index contributed by atoms with van der Waals surface area (Å²) in [5.74, 6) is 12.2. The van der Waals surface area contributed by atoms with Crippen LogP contribution in [0.5, 0.6) is 5.75 Å². The highest BCUT2D eigenvalue weighted by Crippen LogP contribution is 2.35. The molecule has 1 aliphatic carbocycles. The molecule has 0 atom stereocenters. The first-order valence-electron chi connectivity index (χ1n) is 10.8. The van der Waals surface area contributed by atoms with Crippen LogP contribution in [0.4, 0.5) is 13.9 Å². The van der Waals surface area contributed by atoms with Gasteiger partial charge in [0, 0.05) is 29.2 Å². The van der Waals surface area contributed by atoms with E-state index in [1.807, 2.05) is 13.8 Å². The SMILES string of the molecule is COc1cnc(C(F)F)cc1-c1cc(C#CC(C)C)ncc1C(=O)Nc1nnc(C#CC2CC2)s1. The molecule has 0 bridgehead atoms. The number of hydrogen-bond acceptors (Lipinski definition) is 7. The number of ether oxygens (including phenoxy) is 1. The molecular weight excluding hydrogens is 472 g/mol. The summed E-state index contributed by atoms with van der Waals surface area (Å²) in [5.41, 5.74) is 0.667. The van der Waals surface area contributed by atoms with Crippen LogP contribution >= 0.6 is 11.3 Å². The summed E-state index contributed by atoms with van der Waals surface area (Å²) in [6.45, 7) is 3.86. The van der Waals surface area contributed by atoms with Crippen molar-refractivity contribution < 1.29 is 18.3 Å². The van der Waals surface area contributed by atoms with Gasteiger partial charge in [-0.05, 0) is 36.8 Å². The summed E-state index contributed by atoms with van der Waals surface area (Å²) in [4.78, 5) is 21.2. The van der Waals surface area contributed by atoms with Gasteiger partial charge in [0.15, 0.2) is 5.01 Å². The van der Waals surface area contributed by atoms with Gasteiger partial charge in [0.25, 0.3) is 12.3 Å². The van der Waals surface area contributed by atoms with Crippen LogP contribution < -0.4 is 10.1 Å². The number of methoxy groups -OCH3 is 1. The third-order valence-electron chi connectivity index (χ3n) is 4.87. The van der Waals surface area contributed by atoms with E-state index >= 15 is 0 Å². The maximum Gasteiger partial charge on any atom is 0.280 e. The number of alkyl halides is 2. The monoisotopic (exact) mass is 493 g/mol. The van der Waals surface area contributed by atoms with Crippen molar-refractivity contribution in [1.82, 2.24) is 20.2 Å². The van der Waals surface area contributed by atoms with Gasteiger partial charge in [0.1, 0.15) is 17.1 Å². The first-order valence-corrected chi connectivity index (χ1v) is 11.7. The smallest absolute Gasteiger partial charge is 0.280 e. The fourth-order valence-corrected chi connectivity index (χ4v) is 3.58. The topological polar surface area (TPSA) is 89.9 Å². The van der Waals surface area contributed by atoms with Gasteiger partial charge in [-0.1, -0.05) is 37.0 Å². The number of hydrogen-bond donors (Lipinski definition) is 1. The van der Waals surface area contributed by atoms with Crippen LogP contribution in [-0.2, 0) is 0 Å². The quantitative estimate of drug-likeness (QED) is 0.505. The van der Waals surface area contributed by atoms with Gasteiger partial charge in [-0.25, -0.2) is 13.8 Å². The van der Waals surface area contributed by atoms with E-state index in [-0.39, 0.29) is 27.9 Å². The lowest BCUT2D eigenvalue weighted by Gasteiger charge is -2.14. The van der Waals surface area contributed by atoms with Crippen molar-refractivity contribution in [2.24, 2.45) is 11.8 Å². The summed E-state index contributed by atoms with van der Waals surface area (Å²) < 4.78 is 32.2. The summed E-state index contributed by atoms with van der Waals surface area (Å²) in [7, 11) is 1.40. The third kappa shape index (κ3) is 6.17. The molecule has 35 heavy (non-hydrogen) atoms. The van der Waals surface area contributed by atoms with E-state index < -0.39 is 18.0 Å². The molecule has 1 saturated carbocycles. The predicted octanol–water partition coefficient (Wildman–Crippen LogP) is 4.96.